The number of hydrogen-bond donors (Lipinski definition) is 0. The van der Waals surface area contributed by atoms with E-state index in [4.69, 9.17) is 0 Å². The van der Waals surface area contributed by atoms with Crippen molar-refractivity contribution in [3.05, 3.63) is 34.9 Å². The molecule has 1 aliphatic rings. The van der Waals surface area contributed by atoms with E-state index in [1.165, 1.54) is 6.07 Å². The normalized spacial score (nSPS) is 21.2. The second-order valence-corrected chi connectivity index (χ2v) is 3.82. The Morgan fingerprint density at radius 1 is 1.13 bits per heavy atom. The van der Waals surface area contributed by atoms with Crippen LogP contribution in [0, 0.1) is 0 Å². The molecule has 1 atom stereocenters. The molecule has 1 aromatic carbocycles. The van der Waals surface area contributed by atoms with E-state index in [0.717, 1.165) is 12.1 Å². The van der Waals surface area contributed by atoms with Crippen molar-refractivity contribution in [2.75, 3.05) is 0 Å². The molecule has 0 aliphatic heterocycles. The van der Waals surface area contributed by atoms with E-state index >= 15 is 0 Å². The lowest BCUT2D eigenvalue weighted by atomic mass is 9.89. The highest BCUT2D eigenvalue weighted by Crippen LogP contribution is 2.32. The molecule has 0 fully saturated rings. The van der Waals surface area contributed by atoms with Gasteiger partial charge in [0.15, 0.2) is 0 Å². The summed E-state index contributed by atoms with van der Waals surface area (Å²) in [5.74, 6) is 0. The standard InChI is InChI=1S/C11H10F4/c12-10-4-2-7-5-9(11(13,14)15)3-1-8(7)6-10/h1,3,5,10H,2,4,6H2. The number of fused-ring (bicyclic) bond motifs is 1. The molecule has 82 valence electrons. The summed E-state index contributed by atoms with van der Waals surface area (Å²) in [7, 11) is 0. The second kappa shape index (κ2) is 3.51. The minimum atomic E-state index is -4.30. The molecule has 0 heterocycles. The highest BCUT2D eigenvalue weighted by Gasteiger charge is 2.31. The summed E-state index contributed by atoms with van der Waals surface area (Å²) in [4.78, 5) is 0. The molecule has 0 spiro atoms. The van der Waals surface area contributed by atoms with Crippen LogP contribution in [0.25, 0.3) is 0 Å². The van der Waals surface area contributed by atoms with Gasteiger partial charge in [0.25, 0.3) is 0 Å². The van der Waals surface area contributed by atoms with E-state index in [1.54, 1.807) is 0 Å². The molecule has 1 unspecified atom stereocenters. The van der Waals surface area contributed by atoms with E-state index in [-0.39, 0.29) is 6.42 Å². The van der Waals surface area contributed by atoms with Gasteiger partial charge in [-0.15, -0.1) is 0 Å². The highest BCUT2D eigenvalue weighted by molar-refractivity contribution is 5.35. The van der Waals surface area contributed by atoms with Crippen molar-refractivity contribution in [1.82, 2.24) is 0 Å². The molecule has 15 heavy (non-hydrogen) atoms. The average Bonchev–Trinajstić information content (AvgIpc) is 2.15. The third-order valence-electron chi connectivity index (χ3n) is 2.70. The van der Waals surface area contributed by atoms with Crippen LogP contribution >= 0.6 is 0 Å². The summed E-state index contributed by atoms with van der Waals surface area (Å²) in [5.41, 5.74) is 0.707. The smallest absolute Gasteiger partial charge is 0.247 e. The van der Waals surface area contributed by atoms with Gasteiger partial charge in [0.2, 0.25) is 0 Å². The summed E-state index contributed by atoms with van der Waals surface area (Å²) < 4.78 is 50.1. The van der Waals surface area contributed by atoms with Crippen LogP contribution in [-0.4, -0.2) is 6.17 Å². The number of halogens is 4. The van der Waals surface area contributed by atoms with Crippen LogP contribution < -0.4 is 0 Å². The molecular weight excluding hydrogens is 208 g/mol. The Morgan fingerprint density at radius 2 is 1.87 bits per heavy atom. The molecule has 1 aromatic rings. The van der Waals surface area contributed by atoms with Gasteiger partial charge in [-0.3, -0.25) is 0 Å². The summed E-state index contributed by atoms with van der Waals surface area (Å²) in [5, 5.41) is 0. The molecule has 1 aliphatic carbocycles. The molecule has 0 amide bonds. The van der Waals surface area contributed by atoms with E-state index < -0.39 is 17.9 Å². The number of alkyl halides is 4. The molecule has 0 N–H and O–H groups in total. The van der Waals surface area contributed by atoms with E-state index in [2.05, 4.69) is 0 Å². The van der Waals surface area contributed by atoms with Gasteiger partial charge in [-0.05, 0) is 36.1 Å². The predicted octanol–water partition coefficient (Wildman–Crippen LogP) is 3.53. The van der Waals surface area contributed by atoms with E-state index in [9.17, 15) is 17.6 Å². The van der Waals surface area contributed by atoms with Crippen LogP contribution in [0.1, 0.15) is 23.1 Å². The van der Waals surface area contributed by atoms with Crippen molar-refractivity contribution in [3.8, 4) is 0 Å². The largest absolute Gasteiger partial charge is 0.416 e. The molecule has 2 rings (SSSR count). The Hall–Kier alpha value is -1.06. The maximum atomic E-state index is 13.0. The van der Waals surface area contributed by atoms with Crippen molar-refractivity contribution in [3.63, 3.8) is 0 Å². The first-order valence-electron chi connectivity index (χ1n) is 4.80. The molecule has 0 bridgehead atoms. The lowest BCUT2D eigenvalue weighted by Gasteiger charge is -2.20. The Bertz CT molecular complexity index is 367. The Morgan fingerprint density at radius 3 is 2.53 bits per heavy atom. The lowest BCUT2D eigenvalue weighted by Crippen LogP contribution is -2.16. The van der Waals surface area contributed by atoms with Gasteiger partial charge in [0, 0.05) is 6.42 Å². The van der Waals surface area contributed by atoms with Crippen LogP contribution in [-0.2, 0) is 19.0 Å². The molecule has 4 heteroatoms. The second-order valence-electron chi connectivity index (χ2n) is 3.82. The zero-order valence-corrected chi connectivity index (χ0v) is 7.94. The first-order valence-corrected chi connectivity index (χ1v) is 4.80. The van der Waals surface area contributed by atoms with Crippen molar-refractivity contribution >= 4 is 0 Å². The van der Waals surface area contributed by atoms with Crippen LogP contribution in [0.5, 0.6) is 0 Å². The molecule has 0 saturated heterocycles. The molecule has 0 nitrogen and oxygen atoms in total. The number of rotatable bonds is 0. The van der Waals surface area contributed by atoms with Crippen LogP contribution in [0.2, 0.25) is 0 Å². The van der Waals surface area contributed by atoms with Crippen LogP contribution in [0.4, 0.5) is 17.6 Å². The lowest BCUT2D eigenvalue weighted by molar-refractivity contribution is -0.137. The fourth-order valence-electron chi connectivity index (χ4n) is 1.89. The Labute approximate surface area is 84.9 Å². The fourth-order valence-corrected chi connectivity index (χ4v) is 1.89. The van der Waals surface area contributed by atoms with Crippen molar-refractivity contribution < 1.29 is 17.6 Å². The first-order chi connectivity index (χ1) is 6.97. The van der Waals surface area contributed by atoms with Crippen LogP contribution in [0.3, 0.4) is 0 Å². The number of aryl methyl sites for hydroxylation is 1. The van der Waals surface area contributed by atoms with Gasteiger partial charge in [0.05, 0.1) is 5.56 Å². The third kappa shape index (κ3) is 2.13. The van der Waals surface area contributed by atoms with Gasteiger partial charge in [-0.25, -0.2) is 4.39 Å². The van der Waals surface area contributed by atoms with Gasteiger partial charge in [-0.1, -0.05) is 6.07 Å². The molecule has 0 radical (unpaired) electrons. The highest BCUT2D eigenvalue weighted by atomic mass is 19.4. The topological polar surface area (TPSA) is 0 Å². The number of benzene rings is 1. The van der Waals surface area contributed by atoms with Gasteiger partial charge in [-0.2, -0.15) is 13.2 Å². The van der Waals surface area contributed by atoms with Crippen LogP contribution in [0.15, 0.2) is 18.2 Å². The SMILES string of the molecule is FC1CCc2cc(C(F)(F)F)ccc2C1. The third-order valence-corrected chi connectivity index (χ3v) is 2.70. The summed E-state index contributed by atoms with van der Waals surface area (Å²) in [6.07, 6.45) is -4.24. The average molecular weight is 218 g/mol. The summed E-state index contributed by atoms with van der Waals surface area (Å²) in [6, 6.07) is 3.56. The zero-order valence-electron chi connectivity index (χ0n) is 7.94. The molecular formula is C11H10F4. The van der Waals surface area contributed by atoms with E-state index in [1.807, 2.05) is 0 Å². The Balaban J connectivity index is 2.35. The quantitative estimate of drug-likeness (QED) is 0.584. The maximum Gasteiger partial charge on any atom is 0.416 e. The molecule has 0 saturated carbocycles. The van der Waals surface area contributed by atoms with E-state index in [0.29, 0.717) is 24.0 Å². The fraction of sp³-hybridized carbons (Fsp3) is 0.455. The van der Waals surface area contributed by atoms with Crippen molar-refractivity contribution in [2.45, 2.75) is 31.6 Å². The van der Waals surface area contributed by atoms with Gasteiger partial charge >= 0.3 is 6.18 Å². The van der Waals surface area contributed by atoms with Crippen molar-refractivity contribution in [1.29, 1.82) is 0 Å². The minimum absolute atomic E-state index is 0.244. The minimum Gasteiger partial charge on any atom is -0.247 e. The van der Waals surface area contributed by atoms with Crippen molar-refractivity contribution in [2.24, 2.45) is 0 Å². The maximum absolute atomic E-state index is 13.0. The molecule has 0 aromatic heterocycles. The zero-order chi connectivity index (χ0) is 11.1. The monoisotopic (exact) mass is 218 g/mol. The van der Waals surface area contributed by atoms with Gasteiger partial charge in [0.1, 0.15) is 6.17 Å². The predicted molar refractivity (Wildman–Crippen MR) is 48.4 cm³/mol. The number of hydrogen-bond acceptors (Lipinski definition) is 0. The summed E-state index contributed by atoms with van der Waals surface area (Å²) in [6.45, 7) is 0. The van der Waals surface area contributed by atoms with Gasteiger partial charge < -0.3 is 0 Å². The summed E-state index contributed by atoms with van der Waals surface area (Å²) >= 11 is 0. The first kappa shape index (κ1) is 10.5. The Kier molecular flexibility index (Phi) is 2.44.